The third-order valence-electron chi connectivity index (χ3n) is 6.80. The lowest BCUT2D eigenvalue weighted by atomic mass is 9.83. The molecule has 180 valence electrons. The number of aromatic nitrogens is 1. The molecule has 3 aromatic rings. The first kappa shape index (κ1) is 23.8. The number of oxazole rings is 1. The van der Waals surface area contributed by atoms with E-state index < -0.39 is 5.97 Å². The maximum atomic E-state index is 12.4. The average molecular weight is 465 g/mol. The number of carboxylic acids is 1. The summed E-state index contributed by atoms with van der Waals surface area (Å²) in [4.78, 5) is 30.1. The van der Waals surface area contributed by atoms with Crippen molar-refractivity contribution in [2.24, 2.45) is 11.8 Å². The molecule has 2 heterocycles. The number of carboxylic acid groups (broad SMARTS) is 1. The van der Waals surface area contributed by atoms with Crippen molar-refractivity contribution in [3.63, 3.8) is 0 Å². The summed E-state index contributed by atoms with van der Waals surface area (Å²) in [5.74, 6) is 0.433. The molecule has 1 atom stereocenters. The molecule has 34 heavy (non-hydrogen) atoms. The molecule has 1 aliphatic heterocycles. The molecule has 2 aromatic carbocycles. The van der Waals surface area contributed by atoms with Crippen LogP contribution in [0.5, 0.6) is 0 Å². The highest BCUT2D eigenvalue weighted by Crippen LogP contribution is 2.28. The van der Waals surface area contributed by atoms with E-state index in [1.165, 1.54) is 5.39 Å². The standard InChI is InChI=1S/C27H32N2O5/c1-3-23(26(30)31)20-12-14-29(15-13-20)27(32)33-16-6-9-24-18(2)34-25(28-24)22-11-10-19-7-4-5-8-21(19)17-22/h4-5,7-8,10-11,17,20,23H,3,6,9,12-16H2,1-2H3,(H,30,31). The minimum absolute atomic E-state index is 0.124. The number of ether oxygens (including phenoxy) is 1. The molecule has 1 unspecified atom stereocenters. The van der Waals surface area contributed by atoms with Crippen LogP contribution in [0.3, 0.4) is 0 Å². The average Bonchev–Trinajstić information content (AvgIpc) is 3.22. The summed E-state index contributed by atoms with van der Waals surface area (Å²) in [6.45, 7) is 5.21. The largest absolute Gasteiger partial charge is 0.481 e. The number of fused-ring (bicyclic) bond motifs is 1. The summed E-state index contributed by atoms with van der Waals surface area (Å²) in [7, 11) is 0. The Morgan fingerprint density at radius 2 is 1.91 bits per heavy atom. The molecular formula is C27H32N2O5. The van der Waals surface area contributed by atoms with Gasteiger partial charge in [-0.3, -0.25) is 4.79 Å². The van der Waals surface area contributed by atoms with Gasteiger partial charge in [0.05, 0.1) is 18.2 Å². The first-order chi connectivity index (χ1) is 16.5. The second kappa shape index (κ2) is 10.7. The van der Waals surface area contributed by atoms with E-state index in [-0.39, 0.29) is 17.9 Å². The van der Waals surface area contributed by atoms with Crippen molar-refractivity contribution in [1.29, 1.82) is 0 Å². The molecule has 0 spiro atoms. The summed E-state index contributed by atoms with van der Waals surface area (Å²) in [6.07, 6.45) is 3.02. The molecule has 1 aromatic heterocycles. The van der Waals surface area contributed by atoms with Gasteiger partial charge in [0.2, 0.25) is 5.89 Å². The van der Waals surface area contributed by atoms with Crippen molar-refractivity contribution >= 4 is 22.8 Å². The highest BCUT2D eigenvalue weighted by molar-refractivity contribution is 5.86. The Kier molecular flexibility index (Phi) is 7.50. The third-order valence-corrected chi connectivity index (χ3v) is 6.80. The van der Waals surface area contributed by atoms with Crippen molar-refractivity contribution < 1.29 is 23.8 Å². The molecule has 4 rings (SSSR count). The molecule has 0 bridgehead atoms. The number of hydrogen-bond donors (Lipinski definition) is 1. The van der Waals surface area contributed by atoms with E-state index in [0.717, 1.165) is 22.4 Å². The minimum atomic E-state index is -0.740. The van der Waals surface area contributed by atoms with E-state index in [4.69, 9.17) is 9.15 Å². The lowest BCUT2D eigenvalue weighted by Crippen LogP contribution is -2.41. The number of likely N-dealkylation sites (tertiary alicyclic amines) is 1. The van der Waals surface area contributed by atoms with Gasteiger partial charge >= 0.3 is 12.1 Å². The van der Waals surface area contributed by atoms with Gasteiger partial charge in [-0.25, -0.2) is 9.78 Å². The number of hydrogen-bond acceptors (Lipinski definition) is 5. The van der Waals surface area contributed by atoms with Crippen LogP contribution in [-0.4, -0.2) is 46.7 Å². The Morgan fingerprint density at radius 1 is 1.18 bits per heavy atom. The summed E-state index contributed by atoms with van der Waals surface area (Å²) in [5, 5.41) is 11.7. The van der Waals surface area contributed by atoms with Gasteiger partial charge in [0.15, 0.2) is 0 Å². The van der Waals surface area contributed by atoms with Crippen LogP contribution in [0.15, 0.2) is 46.9 Å². The molecule has 0 aliphatic carbocycles. The SMILES string of the molecule is CCC(C(=O)O)C1CCN(C(=O)OCCCc2nc(-c3ccc4ccccc4c3)oc2C)CC1. The van der Waals surface area contributed by atoms with Crippen LogP contribution in [0.4, 0.5) is 4.79 Å². The zero-order valence-corrected chi connectivity index (χ0v) is 19.8. The molecule has 1 N–H and O–H groups in total. The van der Waals surface area contributed by atoms with Crippen LogP contribution < -0.4 is 0 Å². The highest BCUT2D eigenvalue weighted by atomic mass is 16.6. The number of rotatable bonds is 8. The summed E-state index contributed by atoms with van der Waals surface area (Å²) >= 11 is 0. The maximum Gasteiger partial charge on any atom is 0.409 e. The number of carbonyl (C=O) groups excluding carboxylic acids is 1. The fraction of sp³-hybridized carbons (Fsp3) is 0.444. The number of aryl methyl sites for hydroxylation is 2. The minimum Gasteiger partial charge on any atom is -0.481 e. The number of nitrogens with zero attached hydrogens (tertiary/aromatic N) is 2. The first-order valence-electron chi connectivity index (χ1n) is 12.1. The normalized spacial score (nSPS) is 15.4. The van der Waals surface area contributed by atoms with Crippen molar-refractivity contribution in [2.75, 3.05) is 19.7 Å². The van der Waals surface area contributed by atoms with Gasteiger partial charge in [-0.1, -0.05) is 37.3 Å². The van der Waals surface area contributed by atoms with Gasteiger partial charge in [-0.05, 0) is 67.9 Å². The Labute approximate surface area is 199 Å². The van der Waals surface area contributed by atoms with Gasteiger partial charge in [0.1, 0.15) is 5.76 Å². The van der Waals surface area contributed by atoms with Crippen LogP contribution in [0.2, 0.25) is 0 Å². The lowest BCUT2D eigenvalue weighted by Gasteiger charge is -2.33. The second-order valence-corrected chi connectivity index (χ2v) is 8.98. The monoisotopic (exact) mass is 464 g/mol. The van der Waals surface area contributed by atoms with Crippen molar-refractivity contribution in [3.05, 3.63) is 53.9 Å². The van der Waals surface area contributed by atoms with E-state index in [9.17, 15) is 14.7 Å². The molecule has 1 aliphatic rings. The van der Waals surface area contributed by atoms with Crippen LogP contribution in [-0.2, 0) is 16.0 Å². The van der Waals surface area contributed by atoms with Gasteiger partial charge in [0.25, 0.3) is 0 Å². The Balaban J connectivity index is 1.25. The number of carbonyl (C=O) groups is 2. The summed E-state index contributed by atoms with van der Waals surface area (Å²) < 4.78 is 11.4. The van der Waals surface area contributed by atoms with Gasteiger partial charge in [0, 0.05) is 18.7 Å². The van der Waals surface area contributed by atoms with Crippen molar-refractivity contribution in [1.82, 2.24) is 9.88 Å². The van der Waals surface area contributed by atoms with Gasteiger partial charge in [-0.15, -0.1) is 0 Å². The Hall–Kier alpha value is -3.35. The molecule has 1 fully saturated rings. The number of benzene rings is 2. The quantitative estimate of drug-likeness (QED) is 0.430. The fourth-order valence-electron chi connectivity index (χ4n) is 4.79. The first-order valence-corrected chi connectivity index (χ1v) is 12.1. The highest BCUT2D eigenvalue weighted by Gasteiger charge is 2.31. The number of piperidine rings is 1. The van der Waals surface area contributed by atoms with Crippen LogP contribution in [0.1, 0.15) is 44.1 Å². The van der Waals surface area contributed by atoms with Crippen molar-refractivity contribution in [3.8, 4) is 11.5 Å². The zero-order valence-electron chi connectivity index (χ0n) is 19.8. The number of aliphatic carboxylic acids is 1. The predicted molar refractivity (Wildman–Crippen MR) is 130 cm³/mol. The van der Waals surface area contributed by atoms with Gasteiger partial charge < -0.3 is 19.2 Å². The summed E-state index contributed by atoms with van der Waals surface area (Å²) in [6, 6.07) is 14.3. The van der Waals surface area contributed by atoms with Crippen LogP contribution in [0.25, 0.3) is 22.2 Å². The third kappa shape index (κ3) is 5.41. The van der Waals surface area contributed by atoms with E-state index in [1.807, 2.05) is 32.0 Å². The zero-order chi connectivity index (χ0) is 24.1. The molecular weight excluding hydrogens is 432 g/mol. The van der Waals surface area contributed by atoms with E-state index in [0.29, 0.717) is 57.7 Å². The maximum absolute atomic E-state index is 12.4. The topological polar surface area (TPSA) is 92.9 Å². The van der Waals surface area contributed by atoms with E-state index in [2.05, 4.69) is 29.2 Å². The fourth-order valence-corrected chi connectivity index (χ4v) is 4.79. The van der Waals surface area contributed by atoms with Crippen LogP contribution in [0, 0.1) is 18.8 Å². The molecule has 0 radical (unpaired) electrons. The van der Waals surface area contributed by atoms with Crippen LogP contribution >= 0.6 is 0 Å². The lowest BCUT2D eigenvalue weighted by molar-refractivity contribution is -0.144. The van der Waals surface area contributed by atoms with Gasteiger partial charge in [-0.2, -0.15) is 0 Å². The molecule has 1 saturated heterocycles. The second-order valence-electron chi connectivity index (χ2n) is 8.98. The van der Waals surface area contributed by atoms with Crippen molar-refractivity contribution in [2.45, 2.75) is 46.0 Å². The molecule has 1 amide bonds. The smallest absolute Gasteiger partial charge is 0.409 e. The predicted octanol–water partition coefficient (Wildman–Crippen LogP) is 5.70. The number of amides is 1. The Bertz CT molecular complexity index is 1150. The molecule has 7 heteroatoms. The van der Waals surface area contributed by atoms with E-state index >= 15 is 0 Å². The molecule has 7 nitrogen and oxygen atoms in total. The Morgan fingerprint density at radius 3 is 2.62 bits per heavy atom. The van der Waals surface area contributed by atoms with E-state index in [1.54, 1.807) is 4.90 Å². The summed E-state index contributed by atoms with van der Waals surface area (Å²) in [5.41, 5.74) is 1.82. The molecule has 0 saturated carbocycles.